The maximum atomic E-state index is 5.87. The SMILES string of the molecule is CC(C)CNc1cc(Cl)c(Cl)cc1N. The molecule has 0 aromatic heterocycles. The van der Waals surface area contributed by atoms with Crippen LogP contribution in [0.1, 0.15) is 13.8 Å². The van der Waals surface area contributed by atoms with Crippen molar-refractivity contribution in [2.24, 2.45) is 5.92 Å². The second-order valence-electron chi connectivity index (χ2n) is 3.63. The number of benzene rings is 1. The van der Waals surface area contributed by atoms with E-state index in [1.807, 2.05) is 0 Å². The quantitative estimate of drug-likeness (QED) is 0.782. The van der Waals surface area contributed by atoms with Crippen LogP contribution in [0.3, 0.4) is 0 Å². The summed E-state index contributed by atoms with van der Waals surface area (Å²) < 4.78 is 0. The normalized spacial score (nSPS) is 10.6. The van der Waals surface area contributed by atoms with E-state index in [0.717, 1.165) is 12.2 Å². The van der Waals surface area contributed by atoms with E-state index in [1.54, 1.807) is 12.1 Å². The molecule has 0 fully saturated rings. The van der Waals surface area contributed by atoms with E-state index in [4.69, 9.17) is 28.9 Å². The summed E-state index contributed by atoms with van der Waals surface area (Å²) in [6.45, 7) is 5.11. The van der Waals surface area contributed by atoms with Crippen molar-refractivity contribution in [3.8, 4) is 0 Å². The summed E-state index contributed by atoms with van der Waals surface area (Å²) in [4.78, 5) is 0. The Kier molecular flexibility index (Phi) is 3.90. The van der Waals surface area contributed by atoms with Gasteiger partial charge in [0.15, 0.2) is 0 Å². The van der Waals surface area contributed by atoms with Crippen molar-refractivity contribution in [2.45, 2.75) is 13.8 Å². The number of nitrogens with two attached hydrogens (primary N) is 1. The highest BCUT2D eigenvalue weighted by atomic mass is 35.5. The Hall–Kier alpha value is -0.600. The molecule has 0 aliphatic carbocycles. The molecule has 2 nitrogen and oxygen atoms in total. The van der Waals surface area contributed by atoms with Crippen molar-refractivity contribution in [3.05, 3.63) is 22.2 Å². The molecule has 0 unspecified atom stereocenters. The number of anilines is 2. The van der Waals surface area contributed by atoms with Gasteiger partial charge in [-0.15, -0.1) is 0 Å². The molecule has 0 heterocycles. The standard InChI is InChI=1S/C10H14Cl2N2/c1-6(2)5-14-10-4-8(12)7(11)3-9(10)13/h3-4,6,14H,5,13H2,1-2H3. The number of hydrogen-bond acceptors (Lipinski definition) is 2. The van der Waals surface area contributed by atoms with Crippen LogP contribution >= 0.6 is 23.2 Å². The summed E-state index contributed by atoms with van der Waals surface area (Å²) in [5.41, 5.74) is 7.24. The molecule has 0 saturated carbocycles. The van der Waals surface area contributed by atoms with Gasteiger partial charge in [0.1, 0.15) is 0 Å². The monoisotopic (exact) mass is 232 g/mol. The molecule has 0 bridgehead atoms. The molecule has 0 atom stereocenters. The Morgan fingerprint density at radius 3 is 2.43 bits per heavy atom. The Balaban J connectivity index is 2.82. The summed E-state index contributed by atoms with van der Waals surface area (Å²) in [7, 11) is 0. The minimum absolute atomic E-state index is 0.485. The van der Waals surface area contributed by atoms with E-state index in [1.165, 1.54) is 0 Å². The van der Waals surface area contributed by atoms with Crippen LogP contribution < -0.4 is 11.1 Å². The fourth-order valence-electron chi connectivity index (χ4n) is 1.03. The highest BCUT2D eigenvalue weighted by Crippen LogP contribution is 2.30. The molecular weight excluding hydrogens is 219 g/mol. The first kappa shape index (κ1) is 11.5. The summed E-state index contributed by atoms with van der Waals surface area (Å²) in [5.74, 6) is 0.559. The van der Waals surface area contributed by atoms with Crippen LogP contribution in [-0.2, 0) is 0 Å². The van der Waals surface area contributed by atoms with E-state index in [2.05, 4.69) is 19.2 Å². The third-order valence-corrected chi connectivity index (χ3v) is 2.52. The molecule has 0 amide bonds. The fraction of sp³-hybridized carbons (Fsp3) is 0.400. The van der Waals surface area contributed by atoms with Gasteiger partial charge in [0.2, 0.25) is 0 Å². The smallest absolute Gasteiger partial charge is 0.0614 e. The minimum Gasteiger partial charge on any atom is -0.397 e. The Morgan fingerprint density at radius 2 is 1.86 bits per heavy atom. The van der Waals surface area contributed by atoms with Crippen LogP contribution in [0.5, 0.6) is 0 Å². The van der Waals surface area contributed by atoms with Crippen LogP contribution in [0, 0.1) is 5.92 Å². The van der Waals surface area contributed by atoms with Crippen LogP contribution in [0.25, 0.3) is 0 Å². The maximum Gasteiger partial charge on any atom is 0.0614 e. The van der Waals surface area contributed by atoms with Gasteiger partial charge < -0.3 is 11.1 Å². The van der Waals surface area contributed by atoms with Gasteiger partial charge in [0.25, 0.3) is 0 Å². The van der Waals surface area contributed by atoms with Crippen LogP contribution in [-0.4, -0.2) is 6.54 Å². The van der Waals surface area contributed by atoms with Crippen molar-refractivity contribution in [2.75, 3.05) is 17.6 Å². The molecule has 3 N–H and O–H groups in total. The second-order valence-corrected chi connectivity index (χ2v) is 4.44. The van der Waals surface area contributed by atoms with E-state index >= 15 is 0 Å². The number of nitrogens with one attached hydrogen (secondary N) is 1. The number of hydrogen-bond donors (Lipinski definition) is 2. The first-order valence-corrected chi connectivity index (χ1v) is 5.24. The summed E-state index contributed by atoms with van der Waals surface area (Å²) in [6.07, 6.45) is 0. The van der Waals surface area contributed by atoms with E-state index < -0.39 is 0 Å². The van der Waals surface area contributed by atoms with Gasteiger partial charge >= 0.3 is 0 Å². The molecule has 0 radical (unpaired) electrons. The molecule has 0 aliphatic heterocycles. The highest BCUT2D eigenvalue weighted by Gasteiger charge is 2.04. The van der Waals surface area contributed by atoms with Crippen molar-refractivity contribution in [1.82, 2.24) is 0 Å². The van der Waals surface area contributed by atoms with E-state index in [-0.39, 0.29) is 0 Å². The molecular formula is C10H14Cl2N2. The van der Waals surface area contributed by atoms with Crippen molar-refractivity contribution in [3.63, 3.8) is 0 Å². The van der Waals surface area contributed by atoms with Gasteiger partial charge in [0.05, 0.1) is 21.4 Å². The van der Waals surface area contributed by atoms with Crippen molar-refractivity contribution < 1.29 is 0 Å². The molecule has 0 aliphatic rings. The molecule has 78 valence electrons. The molecule has 1 rings (SSSR count). The average Bonchev–Trinajstić information content (AvgIpc) is 2.09. The zero-order valence-electron chi connectivity index (χ0n) is 8.27. The molecule has 14 heavy (non-hydrogen) atoms. The Labute approximate surface area is 94.4 Å². The van der Waals surface area contributed by atoms with Gasteiger partial charge in [0, 0.05) is 6.54 Å². The first-order chi connectivity index (χ1) is 6.50. The lowest BCUT2D eigenvalue weighted by Crippen LogP contribution is -2.09. The zero-order chi connectivity index (χ0) is 10.7. The minimum atomic E-state index is 0.485. The average molecular weight is 233 g/mol. The topological polar surface area (TPSA) is 38.0 Å². The fourth-order valence-corrected chi connectivity index (χ4v) is 1.37. The molecule has 1 aromatic carbocycles. The first-order valence-electron chi connectivity index (χ1n) is 4.49. The van der Waals surface area contributed by atoms with Gasteiger partial charge in [-0.2, -0.15) is 0 Å². The van der Waals surface area contributed by atoms with Gasteiger partial charge in [-0.3, -0.25) is 0 Å². The molecule has 4 heteroatoms. The van der Waals surface area contributed by atoms with Gasteiger partial charge in [-0.05, 0) is 18.1 Å². The van der Waals surface area contributed by atoms with Crippen LogP contribution in [0.2, 0.25) is 10.0 Å². The largest absolute Gasteiger partial charge is 0.397 e. The second kappa shape index (κ2) is 4.76. The number of halogens is 2. The van der Waals surface area contributed by atoms with Crippen molar-refractivity contribution in [1.29, 1.82) is 0 Å². The summed E-state index contributed by atoms with van der Waals surface area (Å²) in [6, 6.07) is 3.41. The third kappa shape index (κ3) is 2.96. The highest BCUT2D eigenvalue weighted by molar-refractivity contribution is 6.42. The van der Waals surface area contributed by atoms with Crippen LogP contribution in [0.4, 0.5) is 11.4 Å². The molecule has 1 aromatic rings. The molecule has 0 saturated heterocycles. The summed E-state index contributed by atoms with van der Waals surface area (Å²) >= 11 is 11.7. The van der Waals surface area contributed by atoms with E-state index in [0.29, 0.717) is 21.7 Å². The maximum absolute atomic E-state index is 5.87. The lowest BCUT2D eigenvalue weighted by atomic mass is 10.2. The Bertz CT molecular complexity index is 324. The lowest BCUT2D eigenvalue weighted by Gasteiger charge is -2.12. The number of rotatable bonds is 3. The van der Waals surface area contributed by atoms with Gasteiger partial charge in [-0.25, -0.2) is 0 Å². The van der Waals surface area contributed by atoms with Crippen LogP contribution in [0.15, 0.2) is 12.1 Å². The predicted octanol–water partition coefficient (Wildman–Crippen LogP) is 3.64. The Morgan fingerprint density at radius 1 is 1.29 bits per heavy atom. The van der Waals surface area contributed by atoms with Crippen molar-refractivity contribution >= 4 is 34.6 Å². The van der Waals surface area contributed by atoms with Gasteiger partial charge in [-0.1, -0.05) is 37.0 Å². The molecule has 0 spiro atoms. The zero-order valence-corrected chi connectivity index (χ0v) is 9.78. The summed E-state index contributed by atoms with van der Waals surface area (Å²) in [5, 5.41) is 4.22. The van der Waals surface area contributed by atoms with E-state index in [9.17, 15) is 0 Å². The third-order valence-electron chi connectivity index (χ3n) is 1.79. The number of nitrogen functional groups attached to an aromatic ring is 1. The predicted molar refractivity (Wildman–Crippen MR) is 64.2 cm³/mol. The lowest BCUT2D eigenvalue weighted by molar-refractivity contribution is 0.689.